The molecule has 58 valence electrons. The van der Waals surface area contributed by atoms with Gasteiger partial charge in [0, 0.05) is 0 Å². The first-order valence-corrected chi connectivity index (χ1v) is 4.42. The fourth-order valence-corrected chi connectivity index (χ4v) is 1.94. The van der Waals surface area contributed by atoms with Gasteiger partial charge in [-0.25, -0.2) is 4.99 Å². The van der Waals surface area contributed by atoms with Crippen LogP contribution in [0.4, 0.5) is 0 Å². The highest BCUT2D eigenvalue weighted by Gasteiger charge is 2.34. The Labute approximate surface area is 65.7 Å². The van der Waals surface area contributed by atoms with E-state index < -0.39 is 5.72 Å². The van der Waals surface area contributed by atoms with Crippen LogP contribution < -0.4 is 0 Å². The number of hydrogen-bond donors (Lipinski definition) is 1. The topological polar surface area (TPSA) is 32.6 Å². The summed E-state index contributed by atoms with van der Waals surface area (Å²) in [5.74, 6) is 0. The minimum atomic E-state index is -0.823. The van der Waals surface area contributed by atoms with Gasteiger partial charge in [0.05, 0.1) is 10.3 Å². The van der Waals surface area contributed by atoms with Crippen molar-refractivity contribution in [2.24, 2.45) is 4.99 Å². The molecule has 0 saturated carbocycles. The van der Waals surface area contributed by atoms with E-state index in [-0.39, 0.29) is 5.25 Å². The normalized spacial score (nSPS) is 40.0. The summed E-state index contributed by atoms with van der Waals surface area (Å²) in [6.07, 6.45) is 0.936. The minimum Gasteiger partial charge on any atom is -0.368 e. The predicted molar refractivity (Wildman–Crippen MR) is 45.4 cm³/mol. The monoisotopic (exact) mass is 159 g/mol. The fourth-order valence-electron chi connectivity index (χ4n) is 0.848. The number of rotatable bonds is 1. The van der Waals surface area contributed by atoms with E-state index in [9.17, 15) is 5.11 Å². The molecule has 0 aromatic rings. The highest BCUT2D eigenvalue weighted by Crippen LogP contribution is 2.33. The summed E-state index contributed by atoms with van der Waals surface area (Å²) in [7, 11) is 0. The second-order valence-corrected chi connectivity index (χ2v) is 4.13. The average Bonchev–Trinajstić information content (AvgIpc) is 2.08. The van der Waals surface area contributed by atoms with Crippen molar-refractivity contribution < 1.29 is 5.11 Å². The number of aliphatic hydroxyl groups is 1. The molecule has 3 heteroatoms. The molecule has 1 rings (SSSR count). The first-order chi connectivity index (χ1) is 4.56. The van der Waals surface area contributed by atoms with Gasteiger partial charge in [0.15, 0.2) is 5.72 Å². The van der Waals surface area contributed by atoms with Gasteiger partial charge in [0.1, 0.15) is 0 Å². The first kappa shape index (κ1) is 8.08. The molecular formula is C7H13NOS. The van der Waals surface area contributed by atoms with Gasteiger partial charge in [-0.3, -0.25) is 0 Å². The standard InChI is InChI=1S/C7H13NOS/c1-4-6-8-7(3,9)5(2)10-6/h5,9H,4H2,1-3H3. The van der Waals surface area contributed by atoms with E-state index in [1.54, 1.807) is 18.7 Å². The van der Waals surface area contributed by atoms with Crippen molar-refractivity contribution in [1.82, 2.24) is 0 Å². The Balaban J connectivity index is 2.71. The number of hydrogen-bond acceptors (Lipinski definition) is 3. The third kappa shape index (κ3) is 1.35. The van der Waals surface area contributed by atoms with Gasteiger partial charge in [-0.05, 0) is 20.3 Å². The third-order valence-corrected chi connectivity index (χ3v) is 3.19. The van der Waals surface area contributed by atoms with Crippen molar-refractivity contribution in [1.29, 1.82) is 0 Å². The zero-order valence-corrected chi connectivity index (χ0v) is 7.40. The highest BCUT2D eigenvalue weighted by molar-refractivity contribution is 8.14. The third-order valence-electron chi connectivity index (χ3n) is 1.74. The lowest BCUT2D eigenvalue weighted by molar-refractivity contribution is 0.0751. The lowest BCUT2D eigenvalue weighted by Crippen LogP contribution is -2.28. The smallest absolute Gasteiger partial charge is 0.165 e. The molecule has 0 spiro atoms. The van der Waals surface area contributed by atoms with Crippen LogP contribution in [-0.4, -0.2) is 21.1 Å². The van der Waals surface area contributed by atoms with Crippen molar-refractivity contribution in [3.8, 4) is 0 Å². The molecule has 1 heterocycles. The number of nitrogens with zero attached hydrogens (tertiary/aromatic N) is 1. The average molecular weight is 159 g/mol. The molecule has 1 aliphatic rings. The maximum absolute atomic E-state index is 9.56. The largest absolute Gasteiger partial charge is 0.368 e. The maximum atomic E-state index is 9.56. The zero-order chi connectivity index (χ0) is 7.78. The van der Waals surface area contributed by atoms with Crippen LogP contribution in [0.1, 0.15) is 27.2 Å². The molecule has 0 radical (unpaired) electrons. The van der Waals surface area contributed by atoms with Crippen LogP contribution in [0.15, 0.2) is 4.99 Å². The fraction of sp³-hybridized carbons (Fsp3) is 0.857. The zero-order valence-electron chi connectivity index (χ0n) is 6.59. The van der Waals surface area contributed by atoms with Gasteiger partial charge in [-0.2, -0.15) is 0 Å². The molecule has 0 fully saturated rings. The Morgan fingerprint density at radius 3 is 2.60 bits per heavy atom. The van der Waals surface area contributed by atoms with Crippen molar-refractivity contribution in [2.45, 2.75) is 38.2 Å². The van der Waals surface area contributed by atoms with Crippen LogP contribution in [0.3, 0.4) is 0 Å². The van der Waals surface area contributed by atoms with Crippen LogP contribution in [-0.2, 0) is 0 Å². The lowest BCUT2D eigenvalue weighted by Gasteiger charge is -2.17. The minimum absolute atomic E-state index is 0.211. The summed E-state index contributed by atoms with van der Waals surface area (Å²) < 4.78 is 0. The van der Waals surface area contributed by atoms with Gasteiger partial charge in [0.25, 0.3) is 0 Å². The van der Waals surface area contributed by atoms with Crippen molar-refractivity contribution >= 4 is 16.8 Å². The van der Waals surface area contributed by atoms with Gasteiger partial charge in [0.2, 0.25) is 0 Å². The van der Waals surface area contributed by atoms with E-state index in [0.717, 1.165) is 11.5 Å². The van der Waals surface area contributed by atoms with Gasteiger partial charge in [-0.15, -0.1) is 11.8 Å². The maximum Gasteiger partial charge on any atom is 0.165 e. The van der Waals surface area contributed by atoms with Crippen LogP contribution in [0.25, 0.3) is 0 Å². The van der Waals surface area contributed by atoms with Crippen LogP contribution >= 0.6 is 11.8 Å². The second kappa shape index (κ2) is 2.55. The summed E-state index contributed by atoms with van der Waals surface area (Å²) in [4.78, 5) is 4.16. The molecular weight excluding hydrogens is 146 g/mol. The Kier molecular flexibility index (Phi) is 2.06. The first-order valence-electron chi connectivity index (χ1n) is 3.54. The van der Waals surface area contributed by atoms with Crippen molar-refractivity contribution in [2.75, 3.05) is 0 Å². The molecule has 1 N–H and O–H groups in total. The predicted octanol–water partition coefficient (Wildman–Crippen LogP) is 1.64. The molecule has 0 aromatic carbocycles. The van der Waals surface area contributed by atoms with E-state index in [2.05, 4.69) is 11.9 Å². The molecule has 10 heavy (non-hydrogen) atoms. The van der Waals surface area contributed by atoms with E-state index in [1.807, 2.05) is 6.92 Å². The summed E-state index contributed by atoms with van der Waals surface area (Å²) in [5.41, 5.74) is -0.823. The molecule has 2 nitrogen and oxygen atoms in total. The SMILES string of the molecule is CCC1=NC(C)(O)C(C)S1. The van der Waals surface area contributed by atoms with Crippen molar-refractivity contribution in [3.05, 3.63) is 0 Å². The molecule has 0 aromatic heterocycles. The van der Waals surface area contributed by atoms with E-state index in [4.69, 9.17) is 0 Å². The van der Waals surface area contributed by atoms with Crippen LogP contribution in [0, 0.1) is 0 Å². The van der Waals surface area contributed by atoms with Crippen LogP contribution in [0.5, 0.6) is 0 Å². The molecule has 0 saturated heterocycles. The molecule has 0 amide bonds. The second-order valence-electron chi connectivity index (χ2n) is 2.71. The molecule has 2 atom stereocenters. The summed E-state index contributed by atoms with van der Waals surface area (Å²) in [5, 5.41) is 10.8. The molecule has 0 bridgehead atoms. The van der Waals surface area contributed by atoms with Crippen LogP contribution in [0.2, 0.25) is 0 Å². The quantitative estimate of drug-likeness (QED) is 0.631. The Bertz CT molecular complexity index is 165. The van der Waals surface area contributed by atoms with E-state index in [0.29, 0.717) is 0 Å². The Hall–Kier alpha value is -0.0200. The molecule has 1 aliphatic heterocycles. The van der Waals surface area contributed by atoms with E-state index in [1.165, 1.54) is 0 Å². The van der Waals surface area contributed by atoms with Crippen molar-refractivity contribution in [3.63, 3.8) is 0 Å². The Morgan fingerprint density at radius 2 is 2.40 bits per heavy atom. The van der Waals surface area contributed by atoms with Gasteiger partial charge in [-0.1, -0.05) is 6.92 Å². The summed E-state index contributed by atoms with van der Waals surface area (Å²) >= 11 is 1.67. The number of thioether (sulfide) groups is 1. The Morgan fingerprint density at radius 1 is 1.80 bits per heavy atom. The molecule has 2 unspecified atom stereocenters. The van der Waals surface area contributed by atoms with Gasteiger partial charge < -0.3 is 5.11 Å². The highest BCUT2D eigenvalue weighted by atomic mass is 32.2. The summed E-state index contributed by atoms with van der Waals surface area (Å²) in [6.45, 7) is 5.81. The lowest BCUT2D eigenvalue weighted by atomic mass is 10.2. The van der Waals surface area contributed by atoms with E-state index >= 15 is 0 Å². The molecule has 0 aliphatic carbocycles. The number of aliphatic imine (C=N–C) groups is 1. The summed E-state index contributed by atoms with van der Waals surface area (Å²) in [6, 6.07) is 0. The van der Waals surface area contributed by atoms with Gasteiger partial charge >= 0.3 is 0 Å².